The first kappa shape index (κ1) is 15.7. The Hall–Kier alpha value is -1.71. The van der Waals surface area contributed by atoms with Gasteiger partial charge in [0.2, 0.25) is 0 Å². The molecule has 0 fully saturated rings. The molecule has 2 N–H and O–H groups in total. The number of ether oxygens (including phenoxy) is 1. The van der Waals surface area contributed by atoms with Gasteiger partial charge in [-0.1, -0.05) is 17.7 Å². The predicted molar refractivity (Wildman–Crippen MR) is 87.4 cm³/mol. The van der Waals surface area contributed by atoms with Crippen molar-refractivity contribution in [1.82, 2.24) is 0 Å². The number of hydrogen-bond acceptors (Lipinski definition) is 3. The summed E-state index contributed by atoms with van der Waals surface area (Å²) in [5.41, 5.74) is 3.49. The Morgan fingerprint density at radius 3 is 2.48 bits per heavy atom. The minimum atomic E-state index is -0.581. The number of rotatable bonds is 6. The molecule has 2 rings (SSSR count). The van der Waals surface area contributed by atoms with Crippen LogP contribution in [0.5, 0.6) is 5.75 Å². The Kier molecular flexibility index (Phi) is 5.48. The smallest absolute Gasteiger partial charge is 0.119 e. The number of hydrogen-bond donors (Lipinski definition) is 2. The molecule has 0 aliphatic rings. The van der Waals surface area contributed by atoms with Crippen LogP contribution in [0.1, 0.15) is 11.1 Å². The predicted octanol–water partition coefficient (Wildman–Crippen LogP) is 3.81. The highest BCUT2D eigenvalue weighted by Gasteiger charge is 2.06. The highest BCUT2D eigenvalue weighted by atomic mass is 35.5. The molecule has 0 heterocycles. The molecule has 3 nitrogen and oxygen atoms in total. The standard InChI is InChI=1S/C17H20ClNO2/c1-12-3-6-15(9-13(12)2)19-10-16(20)11-21-17-7-4-14(18)5-8-17/h3-9,16,19-20H,10-11H2,1-2H3/t16-/m0/s1. The summed E-state index contributed by atoms with van der Waals surface area (Å²) in [5.74, 6) is 0.699. The molecule has 0 unspecified atom stereocenters. The van der Waals surface area contributed by atoms with Crippen LogP contribution >= 0.6 is 11.6 Å². The lowest BCUT2D eigenvalue weighted by molar-refractivity contribution is 0.117. The average molecular weight is 306 g/mol. The van der Waals surface area contributed by atoms with Crippen LogP contribution in [0.4, 0.5) is 5.69 Å². The number of aryl methyl sites for hydroxylation is 2. The molecule has 2 aromatic carbocycles. The summed E-state index contributed by atoms with van der Waals surface area (Å²) >= 11 is 5.80. The zero-order valence-corrected chi connectivity index (χ0v) is 13.0. The van der Waals surface area contributed by atoms with E-state index in [1.165, 1.54) is 11.1 Å². The van der Waals surface area contributed by atoms with Gasteiger partial charge in [-0.05, 0) is 61.4 Å². The van der Waals surface area contributed by atoms with E-state index in [1.807, 2.05) is 6.07 Å². The summed E-state index contributed by atoms with van der Waals surface area (Å²) in [6, 6.07) is 13.2. The summed E-state index contributed by atoms with van der Waals surface area (Å²) < 4.78 is 5.51. The van der Waals surface area contributed by atoms with E-state index in [2.05, 4.69) is 31.3 Å². The largest absolute Gasteiger partial charge is 0.491 e. The van der Waals surface area contributed by atoms with Crippen LogP contribution in [0.3, 0.4) is 0 Å². The molecule has 112 valence electrons. The van der Waals surface area contributed by atoms with Gasteiger partial charge in [-0.25, -0.2) is 0 Å². The molecule has 0 aliphatic heterocycles. The number of anilines is 1. The third-order valence-corrected chi connectivity index (χ3v) is 3.56. The fraction of sp³-hybridized carbons (Fsp3) is 0.294. The zero-order valence-electron chi connectivity index (χ0n) is 12.3. The molecule has 0 radical (unpaired) electrons. The van der Waals surface area contributed by atoms with E-state index in [0.29, 0.717) is 17.3 Å². The van der Waals surface area contributed by atoms with Crippen molar-refractivity contribution < 1.29 is 9.84 Å². The molecule has 0 saturated carbocycles. The van der Waals surface area contributed by atoms with Gasteiger partial charge < -0.3 is 15.2 Å². The average Bonchev–Trinajstić information content (AvgIpc) is 2.48. The Bertz CT molecular complexity index is 584. The maximum Gasteiger partial charge on any atom is 0.119 e. The lowest BCUT2D eigenvalue weighted by atomic mass is 10.1. The quantitative estimate of drug-likeness (QED) is 0.853. The van der Waals surface area contributed by atoms with Gasteiger partial charge in [0.25, 0.3) is 0 Å². The fourth-order valence-corrected chi connectivity index (χ4v) is 2.00. The maximum atomic E-state index is 9.94. The van der Waals surface area contributed by atoms with E-state index in [-0.39, 0.29) is 6.61 Å². The first-order valence-electron chi connectivity index (χ1n) is 6.92. The summed E-state index contributed by atoms with van der Waals surface area (Å²) in [5, 5.41) is 13.8. The van der Waals surface area contributed by atoms with Gasteiger partial charge in [0.1, 0.15) is 18.5 Å². The second kappa shape index (κ2) is 7.34. The van der Waals surface area contributed by atoms with Gasteiger partial charge in [0.05, 0.1) is 0 Å². The van der Waals surface area contributed by atoms with E-state index in [9.17, 15) is 5.11 Å². The molecular formula is C17H20ClNO2. The van der Waals surface area contributed by atoms with Crippen molar-refractivity contribution in [1.29, 1.82) is 0 Å². The minimum absolute atomic E-state index is 0.236. The molecule has 21 heavy (non-hydrogen) atoms. The number of halogens is 1. The van der Waals surface area contributed by atoms with Crippen molar-refractivity contribution in [2.24, 2.45) is 0 Å². The molecule has 0 amide bonds. The van der Waals surface area contributed by atoms with Gasteiger partial charge >= 0.3 is 0 Å². The summed E-state index contributed by atoms with van der Waals surface area (Å²) in [7, 11) is 0. The van der Waals surface area contributed by atoms with Gasteiger partial charge in [-0.3, -0.25) is 0 Å². The van der Waals surface area contributed by atoms with Crippen molar-refractivity contribution >= 4 is 17.3 Å². The van der Waals surface area contributed by atoms with Crippen molar-refractivity contribution in [2.45, 2.75) is 20.0 Å². The molecule has 0 saturated heterocycles. The Labute approximate surface area is 130 Å². The number of aliphatic hydroxyl groups is 1. The normalized spacial score (nSPS) is 12.0. The van der Waals surface area contributed by atoms with E-state index in [0.717, 1.165) is 5.69 Å². The molecule has 4 heteroatoms. The van der Waals surface area contributed by atoms with E-state index < -0.39 is 6.10 Å². The van der Waals surface area contributed by atoms with Gasteiger partial charge in [0.15, 0.2) is 0 Å². The Balaban J connectivity index is 1.77. The molecule has 0 bridgehead atoms. The van der Waals surface area contributed by atoms with Crippen LogP contribution in [-0.2, 0) is 0 Å². The Morgan fingerprint density at radius 2 is 1.81 bits per heavy atom. The third-order valence-electron chi connectivity index (χ3n) is 3.30. The lowest BCUT2D eigenvalue weighted by Gasteiger charge is -2.14. The molecule has 1 atom stereocenters. The molecule has 2 aromatic rings. The number of aliphatic hydroxyl groups excluding tert-OH is 1. The van der Waals surface area contributed by atoms with E-state index in [1.54, 1.807) is 24.3 Å². The van der Waals surface area contributed by atoms with Crippen molar-refractivity contribution in [3.05, 3.63) is 58.6 Å². The summed E-state index contributed by atoms with van der Waals surface area (Å²) in [6.45, 7) is 4.82. The number of benzene rings is 2. The first-order valence-corrected chi connectivity index (χ1v) is 7.30. The van der Waals surface area contributed by atoms with Crippen LogP contribution in [0.2, 0.25) is 5.02 Å². The van der Waals surface area contributed by atoms with Crippen molar-refractivity contribution in [2.75, 3.05) is 18.5 Å². The third kappa shape index (κ3) is 4.96. The Morgan fingerprint density at radius 1 is 1.10 bits per heavy atom. The van der Waals surface area contributed by atoms with Gasteiger partial charge in [0, 0.05) is 17.3 Å². The van der Waals surface area contributed by atoms with Crippen LogP contribution in [0, 0.1) is 13.8 Å². The first-order chi connectivity index (χ1) is 10.0. The zero-order chi connectivity index (χ0) is 15.2. The summed E-state index contributed by atoms with van der Waals surface area (Å²) in [4.78, 5) is 0. The molecular weight excluding hydrogens is 286 g/mol. The minimum Gasteiger partial charge on any atom is -0.491 e. The second-order valence-electron chi connectivity index (χ2n) is 5.10. The molecule has 0 aromatic heterocycles. The van der Waals surface area contributed by atoms with Gasteiger partial charge in [-0.15, -0.1) is 0 Å². The van der Waals surface area contributed by atoms with Gasteiger partial charge in [-0.2, -0.15) is 0 Å². The SMILES string of the molecule is Cc1ccc(NC[C@H](O)COc2ccc(Cl)cc2)cc1C. The number of nitrogens with one attached hydrogen (secondary N) is 1. The molecule has 0 aliphatic carbocycles. The van der Waals surface area contributed by atoms with E-state index in [4.69, 9.17) is 16.3 Å². The van der Waals surface area contributed by atoms with Crippen LogP contribution in [0.25, 0.3) is 0 Å². The van der Waals surface area contributed by atoms with E-state index >= 15 is 0 Å². The highest BCUT2D eigenvalue weighted by Crippen LogP contribution is 2.16. The lowest BCUT2D eigenvalue weighted by Crippen LogP contribution is -2.26. The maximum absolute atomic E-state index is 9.94. The van der Waals surface area contributed by atoms with Crippen LogP contribution < -0.4 is 10.1 Å². The topological polar surface area (TPSA) is 41.5 Å². The summed E-state index contributed by atoms with van der Waals surface area (Å²) in [6.07, 6.45) is -0.581. The fourth-order valence-electron chi connectivity index (χ4n) is 1.87. The van der Waals surface area contributed by atoms with Crippen molar-refractivity contribution in [3.63, 3.8) is 0 Å². The monoisotopic (exact) mass is 305 g/mol. The van der Waals surface area contributed by atoms with Crippen LogP contribution in [-0.4, -0.2) is 24.4 Å². The molecule has 0 spiro atoms. The highest BCUT2D eigenvalue weighted by molar-refractivity contribution is 6.30. The van der Waals surface area contributed by atoms with Crippen molar-refractivity contribution in [3.8, 4) is 5.75 Å². The van der Waals surface area contributed by atoms with Crippen LogP contribution in [0.15, 0.2) is 42.5 Å². The second-order valence-corrected chi connectivity index (χ2v) is 5.54.